The van der Waals surface area contributed by atoms with Crippen molar-refractivity contribution in [2.45, 2.75) is 33.1 Å². The summed E-state index contributed by atoms with van der Waals surface area (Å²) in [4.78, 5) is 28.1. The van der Waals surface area contributed by atoms with Crippen molar-refractivity contribution >= 4 is 23.4 Å². The molecule has 0 saturated carbocycles. The minimum atomic E-state index is -0.533. The van der Waals surface area contributed by atoms with Gasteiger partial charge in [0.1, 0.15) is 11.8 Å². The van der Waals surface area contributed by atoms with Crippen LogP contribution in [0.5, 0.6) is 5.75 Å². The molecule has 0 aliphatic heterocycles. The number of halogens is 1. The first-order valence-corrected chi connectivity index (χ1v) is 8.81. The number of benzene rings is 1. The molecule has 7 heteroatoms. The number of nitriles is 1. The second-order valence-corrected chi connectivity index (χ2v) is 6.32. The van der Waals surface area contributed by atoms with Crippen LogP contribution in [0.15, 0.2) is 24.3 Å². The van der Waals surface area contributed by atoms with E-state index in [1.807, 2.05) is 25.1 Å². The van der Waals surface area contributed by atoms with E-state index in [0.29, 0.717) is 17.1 Å². The highest BCUT2D eigenvalue weighted by Crippen LogP contribution is 2.27. The summed E-state index contributed by atoms with van der Waals surface area (Å²) in [7, 11) is 0. The third-order valence-corrected chi connectivity index (χ3v) is 4.36. The van der Waals surface area contributed by atoms with Gasteiger partial charge in [0.15, 0.2) is 11.5 Å². The van der Waals surface area contributed by atoms with Crippen LogP contribution in [0, 0.1) is 18.3 Å². The lowest BCUT2D eigenvalue weighted by Crippen LogP contribution is -2.11. The van der Waals surface area contributed by atoms with Crippen LogP contribution >= 0.6 is 11.6 Å². The Morgan fingerprint density at radius 2 is 2.07 bits per heavy atom. The van der Waals surface area contributed by atoms with Gasteiger partial charge in [-0.2, -0.15) is 5.26 Å². The quantitative estimate of drug-likeness (QED) is 0.574. The fraction of sp³-hybridized carbons (Fsp3) is 0.300. The lowest BCUT2D eigenvalue weighted by Gasteiger charge is -2.11. The summed E-state index contributed by atoms with van der Waals surface area (Å²) < 4.78 is 4.79. The van der Waals surface area contributed by atoms with E-state index in [9.17, 15) is 20.0 Å². The summed E-state index contributed by atoms with van der Waals surface area (Å²) in [6.45, 7) is 3.80. The van der Waals surface area contributed by atoms with E-state index < -0.39 is 17.5 Å². The molecule has 0 saturated heterocycles. The van der Waals surface area contributed by atoms with Crippen LogP contribution in [0.1, 0.15) is 52.6 Å². The molecule has 1 aromatic carbocycles. The number of ketones is 1. The first kappa shape index (κ1) is 20.4. The Bertz CT molecular complexity index is 899. The predicted molar refractivity (Wildman–Crippen MR) is 99.8 cm³/mol. The highest BCUT2D eigenvalue weighted by molar-refractivity contribution is 6.31. The molecule has 27 heavy (non-hydrogen) atoms. The third-order valence-electron chi connectivity index (χ3n) is 4.00. The molecule has 0 bridgehead atoms. The molecule has 0 fully saturated rings. The van der Waals surface area contributed by atoms with Gasteiger partial charge in [-0.3, -0.25) is 9.59 Å². The van der Waals surface area contributed by atoms with Crippen molar-refractivity contribution in [2.24, 2.45) is 0 Å². The highest BCUT2D eigenvalue weighted by atomic mass is 35.5. The Morgan fingerprint density at radius 1 is 1.33 bits per heavy atom. The zero-order valence-corrected chi connectivity index (χ0v) is 15.8. The van der Waals surface area contributed by atoms with Crippen molar-refractivity contribution in [3.63, 3.8) is 0 Å². The summed E-state index contributed by atoms with van der Waals surface area (Å²) in [5.41, 5.74) is 1.93. The number of nitrogens with zero attached hydrogens (tertiary/aromatic N) is 2. The molecule has 140 valence electrons. The lowest BCUT2D eigenvalue weighted by molar-refractivity contribution is -0.143. The molecular formula is C20H19ClN2O4. The van der Waals surface area contributed by atoms with Gasteiger partial charge in [0, 0.05) is 23.6 Å². The van der Waals surface area contributed by atoms with E-state index in [1.165, 1.54) is 6.07 Å². The molecule has 1 aromatic heterocycles. The zero-order chi connectivity index (χ0) is 20.0. The SMILES string of the molecule is CCOC(=O)CCC(=O)c1nc(Cc2c(C)cccc2Cl)cc(C#N)c1O. The lowest BCUT2D eigenvalue weighted by atomic mass is 10.0. The monoisotopic (exact) mass is 386 g/mol. The first-order valence-electron chi connectivity index (χ1n) is 8.43. The van der Waals surface area contributed by atoms with Crippen molar-refractivity contribution in [3.05, 3.63) is 57.4 Å². The standard InChI is InChI=1S/C20H19ClN2O4/c1-3-27-18(25)8-7-17(24)19-20(26)13(11-22)9-14(23-19)10-15-12(2)5-4-6-16(15)21/h4-6,9,26H,3,7-8,10H2,1-2H3. The van der Waals surface area contributed by atoms with Crippen LogP contribution in [0.25, 0.3) is 0 Å². The first-order chi connectivity index (χ1) is 12.9. The molecule has 0 unspecified atom stereocenters. The van der Waals surface area contributed by atoms with Crippen LogP contribution in [0.2, 0.25) is 5.02 Å². The summed E-state index contributed by atoms with van der Waals surface area (Å²) in [5.74, 6) is -1.52. The number of aromatic nitrogens is 1. The number of hydrogen-bond donors (Lipinski definition) is 1. The Balaban J connectivity index is 2.33. The third kappa shape index (κ3) is 5.05. The smallest absolute Gasteiger partial charge is 0.306 e. The van der Waals surface area contributed by atoms with Crippen LogP contribution in [-0.4, -0.2) is 28.4 Å². The summed E-state index contributed by atoms with van der Waals surface area (Å²) in [6.07, 6.45) is 0.0149. The molecule has 2 aromatic rings. The van der Waals surface area contributed by atoms with Crippen molar-refractivity contribution < 1.29 is 19.4 Å². The van der Waals surface area contributed by atoms with E-state index >= 15 is 0 Å². The fourth-order valence-corrected chi connectivity index (χ4v) is 2.89. The summed E-state index contributed by atoms with van der Waals surface area (Å²) in [6, 6.07) is 8.78. The number of pyridine rings is 1. The van der Waals surface area contributed by atoms with Crippen LogP contribution in [0.4, 0.5) is 0 Å². The van der Waals surface area contributed by atoms with Gasteiger partial charge in [-0.05, 0) is 37.1 Å². The minimum absolute atomic E-state index is 0.0517. The number of carbonyl (C=O) groups is 2. The van der Waals surface area contributed by atoms with Gasteiger partial charge < -0.3 is 9.84 Å². The average molecular weight is 387 g/mol. The number of hydrogen-bond acceptors (Lipinski definition) is 6. The molecular weight excluding hydrogens is 368 g/mol. The van der Waals surface area contributed by atoms with Gasteiger partial charge in [0.2, 0.25) is 0 Å². The Labute approximate surface area is 162 Å². The van der Waals surface area contributed by atoms with Gasteiger partial charge in [-0.15, -0.1) is 0 Å². The number of carbonyl (C=O) groups excluding carboxylic acids is 2. The molecule has 0 aliphatic carbocycles. The van der Waals surface area contributed by atoms with Crippen LogP contribution in [-0.2, 0) is 16.0 Å². The number of ether oxygens (including phenoxy) is 1. The molecule has 1 N–H and O–H groups in total. The van der Waals surface area contributed by atoms with E-state index in [1.54, 1.807) is 13.0 Å². The maximum Gasteiger partial charge on any atom is 0.306 e. The van der Waals surface area contributed by atoms with Crippen molar-refractivity contribution in [1.29, 1.82) is 5.26 Å². The second kappa shape index (κ2) is 9.15. The normalized spacial score (nSPS) is 10.3. The molecule has 2 rings (SSSR count). The molecule has 0 amide bonds. The highest BCUT2D eigenvalue weighted by Gasteiger charge is 2.20. The second-order valence-electron chi connectivity index (χ2n) is 5.91. The van der Waals surface area contributed by atoms with E-state index in [0.717, 1.165) is 11.1 Å². The minimum Gasteiger partial charge on any atom is -0.504 e. The molecule has 1 heterocycles. The van der Waals surface area contributed by atoms with Gasteiger partial charge in [-0.25, -0.2) is 4.98 Å². The van der Waals surface area contributed by atoms with Crippen LogP contribution < -0.4 is 0 Å². The van der Waals surface area contributed by atoms with Crippen LogP contribution in [0.3, 0.4) is 0 Å². The van der Waals surface area contributed by atoms with E-state index in [4.69, 9.17) is 16.3 Å². The van der Waals surface area contributed by atoms with Gasteiger partial charge in [0.25, 0.3) is 0 Å². The van der Waals surface area contributed by atoms with E-state index in [2.05, 4.69) is 4.98 Å². The number of aryl methyl sites for hydroxylation is 1. The van der Waals surface area contributed by atoms with E-state index in [-0.39, 0.29) is 30.7 Å². The Kier molecular flexibility index (Phi) is 6.91. The topological polar surface area (TPSA) is 100 Å². The maximum atomic E-state index is 12.4. The summed E-state index contributed by atoms with van der Waals surface area (Å²) >= 11 is 6.24. The van der Waals surface area contributed by atoms with Gasteiger partial charge in [0.05, 0.1) is 18.6 Å². The average Bonchev–Trinajstić information content (AvgIpc) is 2.64. The zero-order valence-electron chi connectivity index (χ0n) is 15.1. The summed E-state index contributed by atoms with van der Waals surface area (Å²) in [5, 5.41) is 20.0. The molecule has 0 aliphatic rings. The van der Waals surface area contributed by atoms with Gasteiger partial charge >= 0.3 is 5.97 Å². The number of aromatic hydroxyl groups is 1. The number of Topliss-reactive ketones (excluding diaryl/α,β-unsaturated/α-hetero) is 1. The Morgan fingerprint density at radius 3 is 2.70 bits per heavy atom. The fourth-order valence-electron chi connectivity index (χ4n) is 2.60. The molecule has 0 spiro atoms. The maximum absolute atomic E-state index is 12.4. The van der Waals surface area contributed by atoms with Gasteiger partial charge in [-0.1, -0.05) is 23.7 Å². The largest absolute Gasteiger partial charge is 0.504 e. The van der Waals surface area contributed by atoms with Crippen molar-refractivity contribution in [2.75, 3.05) is 6.61 Å². The number of esters is 1. The molecule has 0 radical (unpaired) electrons. The Hall–Kier alpha value is -2.91. The molecule has 6 nitrogen and oxygen atoms in total. The number of rotatable bonds is 7. The van der Waals surface area contributed by atoms with Crippen molar-refractivity contribution in [1.82, 2.24) is 4.98 Å². The molecule has 0 atom stereocenters. The van der Waals surface area contributed by atoms with Crippen molar-refractivity contribution in [3.8, 4) is 11.8 Å². The predicted octanol–water partition coefficient (Wildman–Crippen LogP) is 3.74.